The van der Waals surface area contributed by atoms with E-state index in [4.69, 9.17) is 0 Å². The summed E-state index contributed by atoms with van der Waals surface area (Å²) in [5.74, 6) is -0.314. The van der Waals surface area contributed by atoms with E-state index < -0.39 is 0 Å². The molecule has 0 unspecified atom stereocenters. The van der Waals surface area contributed by atoms with Crippen LogP contribution in [0.3, 0.4) is 0 Å². The van der Waals surface area contributed by atoms with E-state index in [2.05, 4.69) is 19.2 Å². The Labute approximate surface area is 195 Å². The summed E-state index contributed by atoms with van der Waals surface area (Å²) in [4.78, 5) is 30.4. The molecule has 1 N–H and O–H groups in total. The Bertz CT molecular complexity index is 1210. The first-order valence-electron chi connectivity index (χ1n) is 11.1. The number of hydrogen-bond donors (Lipinski definition) is 1. The van der Waals surface area contributed by atoms with Crippen molar-refractivity contribution in [1.29, 1.82) is 0 Å². The molecule has 0 spiro atoms. The molecule has 0 bridgehead atoms. The monoisotopic (exact) mass is 439 g/mol. The van der Waals surface area contributed by atoms with E-state index in [0.29, 0.717) is 22.7 Å². The fourth-order valence-electron chi connectivity index (χ4n) is 3.86. The first-order chi connectivity index (χ1) is 15.8. The topological polar surface area (TPSA) is 52.7 Å². The molecule has 3 aromatic rings. The molecule has 5 nitrogen and oxygen atoms in total. The van der Waals surface area contributed by atoms with Crippen LogP contribution in [0.25, 0.3) is 5.57 Å². The number of anilines is 3. The standard InChI is InChI=1S/C28H29N3O2/c1-18(2)20-10-14-24(15-11-20)31-27(32)25(21-8-6-19(3)7-9-21)26(28(31)33)29-22-12-16-23(17-13-22)30(4)5/h6-18,29H,1-5H3. The number of benzene rings is 3. The Morgan fingerprint density at radius 1 is 0.788 bits per heavy atom. The van der Waals surface area contributed by atoms with Gasteiger partial charge < -0.3 is 10.2 Å². The van der Waals surface area contributed by atoms with E-state index >= 15 is 0 Å². The van der Waals surface area contributed by atoms with Gasteiger partial charge in [-0.2, -0.15) is 0 Å². The molecule has 1 heterocycles. The number of amides is 2. The van der Waals surface area contributed by atoms with Gasteiger partial charge in [-0.3, -0.25) is 9.59 Å². The summed E-state index contributed by atoms with van der Waals surface area (Å²) >= 11 is 0. The van der Waals surface area contributed by atoms with Crippen LogP contribution < -0.4 is 15.1 Å². The lowest BCUT2D eigenvalue weighted by molar-refractivity contribution is -0.120. The molecule has 1 aliphatic rings. The SMILES string of the molecule is Cc1ccc(C2=C(Nc3ccc(N(C)C)cc3)C(=O)N(c3ccc(C(C)C)cc3)C2=O)cc1. The molecule has 0 radical (unpaired) electrons. The van der Waals surface area contributed by atoms with Crippen LogP contribution in [-0.4, -0.2) is 25.9 Å². The highest BCUT2D eigenvalue weighted by atomic mass is 16.2. The third-order valence-electron chi connectivity index (χ3n) is 5.90. The molecule has 0 fully saturated rings. The van der Waals surface area contributed by atoms with Crippen LogP contribution in [0.1, 0.15) is 36.5 Å². The molecule has 0 aliphatic carbocycles. The van der Waals surface area contributed by atoms with E-state index in [1.54, 1.807) is 0 Å². The maximum Gasteiger partial charge on any atom is 0.282 e. The maximum atomic E-state index is 13.6. The highest BCUT2D eigenvalue weighted by Gasteiger charge is 2.40. The normalized spacial score (nSPS) is 13.8. The van der Waals surface area contributed by atoms with Crippen LogP contribution in [0.2, 0.25) is 0 Å². The number of nitrogens with one attached hydrogen (secondary N) is 1. The van der Waals surface area contributed by atoms with Crippen molar-refractivity contribution in [2.75, 3.05) is 29.2 Å². The Hall–Kier alpha value is -3.86. The smallest absolute Gasteiger partial charge is 0.282 e. The summed E-state index contributed by atoms with van der Waals surface area (Å²) in [6.07, 6.45) is 0. The van der Waals surface area contributed by atoms with Gasteiger partial charge in [-0.25, -0.2) is 4.90 Å². The van der Waals surface area contributed by atoms with E-state index in [-0.39, 0.29) is 17.5 Å². The average molecular weight is 440 g/mol. The third kappa shape index (κ3) is 4.40. The van der Waals surface area contributed by atoms with Gasteiger partial charge >= 0.3 is 0 Å². The largest absolute Gasteiger partial charge is 0.378 e. The van der Waals surface area contributed by atoms with Crippen LogP contribution in [-0.2, 0) is 9.59 Å². The molecule has 33 heavy (non-hydrogen) atoms. The highest BCUT2D eigenvalue weighted by molar-refractivity contribution is 6.46. The Kier molecular flexibility index (Phi) is 6.05. The van der Waals surface area contributed by atoms with Gasteiger partial charge in [0.05, 0.1) is 11.3 Å². The zero-order chi connectivity index (χ0) is 23.7. The van der Waals surface area contributed by atoms with E-state index in [9.17, 15) is 9.59 Å². The predicted octanol–water partition coefficient (Wildman–Crippen LogP) is 5.58. The number of hydrogen-bond acceptors (Lipinski definition) is 4. The fourth-order valence-corrected chi connectivity index (χ4v) is 3.86. The predicted molar refractivity (Wildman–Crippen MR) is 136 cm³/mol. The molecule has 0 atom stereocenters. The van der Waals surface area contributed by atoms with Gasteiger partial charge in [0, 0.05) is 25.5 Å². The lowest BCUT2D eigenvalue weighted by atomic mass is 10.0. The number of aryl methyl sites for hydroxylation is 1. The number of rotatable bonds is 6. The Morgan fingerprint density at radius 3 is 1.94 bits per heavy atom. The summed E-state index contributed by atoms with van der Waals surface area (Å²) < 4.78 is 0. The third-order valence-corrected chi connectivity index (χ3v) is 5.90. The van der Waals surface area contributed by atoms with Crippen molar-refractivity contribution >= 4 is 34.4 Å². The summed E-state index contributed by atoms with van der Waals surface area (Å²) in [5, 5.41) is 3.23. The number of nitrogens with zero attached hydrogens (tertiary/aromatic N) is 2. The number of imide groups is 1. The summed E-state index contributed by atoms with van der Waals surface area (Å²) in [6, 6.07) is 23.0. The Morgan fingerprint density at radius 2 is 1.39 bits per heavy atom. The van der Waals surface area contributed by atoms with Crippen molar-refractivity contribution < 1.29 is 9.59 Å². The second kappa shape index (κ2) is 8.94. The van der Waals surface area contributed by atoms with E-state index in [1.165, 1.54) is 4.90 Å². The van der Waals surface area contributed by atoms with Gasteiger partial charge in [-0.05, 0) is 60.4 Å². The van der Waals surface area contributed by atoms with E-state index in [0.717, 1.165) is 22.5 Å². The van der Waals surface area contributed by atoms with Gasteiger partial charge in [0.25, 0.3) is 11.8 Å². The Balaban J connectivity index is 1.75. The van der Waals surface area contributed by atoms with Crippen molar-refractivity contribution in [3.63, 3.8) is 0 Å². The van der Waals surface area contributed by atoms with Gasteiger partial charge in [-0.1, -0.05) is 55.8 Å². The van der Waals surface area contributed by atoms with Gasteiger partial charge in [-0.15, -0.1) is 0 Å². The van der Waals surface area contributed by atoms with Crippen LogP contribution in [0.4, 0.5) is 17.1 Å². The molecule has 3 aromatic carbocycles. The van der Waals surface area contributed by atoms with Crippen LogP contribution in [0, 0.1) is 6.92 Å². The highest BCUT2D eigenvalue weighted by Crippen LogP contribution is 2.34. The van der Waals surface area contributed by atoms with Crippen LogP contribution in [0.5, 0.6) is 0 Å². The minimum absolute atomic E-state index is 0.286. The quantitative estimate of drug-likeness (QED) is 0.510. The summed E-state index contributed by atoms with van der Waals surface area (Å²) in [5.41, 5.74) is 5.99. The maximum absolute atomic E-state index is 13.6. The average Bonchev–Trinajstić information content (AvgIpc) is 3.04. The summed E-state index contributed by atoms with van der Waals surface area (Å²) in [7, 11) is 3.95. The molecular weight excluding hydrogens is 410 g/mol. The molecule has 2 amide bonds. The van der Waals surface area contributed by atoms with Gasteiger partial charge in [0.1, 0.15) is 5.70 Å². The van der Waals surface area contributed by atoms with Crippen molar-refractivity contribution in [3.05, 3.63) is 95.2 Å². The zero-order valence-electron chi connectivity index (χ0n) is 19.7. The van der Waals surface area contributed by atoms with Crippen molar-refractivity contribution in [3.8, 4) is 0 Å². The first kappa shape index (κ1) is 22.3. The lowest BCUT2D eigenvalue weighted by Crippen LogP contribution is -2.32. The van der Waals surface area contributed by atoms with Crippen LogP contribution in [0.15, 0.2) is 78.5 Å². The molecule has 0 saturated heterocycles. The first-order valence-corrected chi connectivity index (χ1v) is 11.1. The van der Waals surface area contributed by atoms with Gasteiger partial charge in [0.15, 0.2) is 0 Å². The second-order valence-electron chi connectivity index (χ2n) is 8.87. The molecule has 5 heteroatoms. The van der Waals surface area contributed by atoms with Crippen LogP contribution >= 0.6 is 0 Å². The van der Waals surface area contributed by atoms with Crippen molar-refractivity contribution in [2.24, 2.45) is 0 Å². The number of carbonyl (C=O) groups is 2. The molecule has 4 rings (SSSR count). The fraction of sp³-hybridized carbons (Fsp3) is 0.214. The second-order valence-corrected chi connectivity index (χ2v) is 8.87. The summed E-state index contributed by atoms with van der Waals surface area (Å²) in [6.45, 7) is 6.22. The molecule has 0 saturated carbocycles. The number of carbonyl (C=O) groups excluding carboxylic acids is 2. The van der Waals surface area contributed by atoms with Crippen molar-refractivity contribution in [1.82, 2.24) is 0 Å². The lowest BCUT2D eigenvalue weighted by Gasteiger charge is -2.17. The molecular formula is C28H29N3O2. The molecule has 168 valence electrons. The van der Waals surface area contributed by atoms with E-state index in [1.807, 2.05) is 98.7 Å². The molecule has 1 aliphatic heterocycles. The zero-order valence-corrected chi connectivity index (χ0v) is 19.7. The van der Waals surface area contributed by atoms with Crippen molar-refractivity contribution in [2.45, 2.75) is 26.7 Å². The van der Waals surface area contributed by atoms with Gasteiger partial charge in [0.2, 0.25) is 0 Å². The molecule has 0 aromatic heterocycles. The minimum atomic E-state index is -0.357. The minimum Gasteiger partial charge on any atom is -0.378 e.